The van der Waals surface area contributed by atoms with Crippen molar-refractivity contribution >= 4 is 5.97 Å². The lowest BCUT2D eigenvalue weighted by atomic mass is 10.1. The van der Waals surface area contributed by atoms with E-state index < -0.39 is 5.97 Å². The normalized spacial score (nSPS) is 10.4. The summed E-state index contributed by atoms with van der Waals surface area (Å²) < 4.78 is 7.27. The summed E-state index contributed by atoms with van der Waals surface area (Å²) in [5.41, 5.74) is 3.30. The first-order valence-corrected chi connectivity index (χ1v) is 8.12. The van der Waals surface area contributed by atoms with Crippen LogP contribution in [-0.4, -0.2) is 15.5 Å². The van der Waals surface area contributed by atoms with Crippen molar-refractivity contribution in [1.82, 2.24) is 9.55 Å². The molecule has 0 spiro atoms. The molecule has 0 amide bonds. The number of benzene rings is 2. The third kappa shape index (κ3) is 4.23. The second-order valence-corrected chi connectivity index (χ2v) is 5.87. The molecule has 2 aromatic carbocycles. The predicted molar refractivity (Wildman–Crippen MR) is 97.4 cm³/mol. The van der Waals surface area contributed by atoms with Crippen molar-refractivity contribution < 1.29 is 9.53 Å². The van der Waals surface area contributed by atoms with Crippen LogP contribution < -0.4 is 0 Å². The van der Waals surface area contributed by atoms with Crippen molar-refractivity contribution in [3.63, 3.8) is 0 Å². The summed E-state index contributed by atoms with van der Waals surface area (Å²) in [5.74, 6) is 0.498. The van der Waals surface area contributed by atoms with E-state index in [0.29, 0.717) is 17.7 Å². The van der Waals surface area contributed by atoms with Crippen LogP contribution in [0.3, 0.4) is 0 Å². The van der Waals surface area contributed by atoms with E-state index in [0.717, 1.165) is 11.5 Å². The van der Waals surface area contributed by atoms with Gasteiger partial charge in [-0.25, -0.2) is 9.78 Å². The van der Waals surface area contributed by atoms with Crippen molar-refractivity contribution in [2.45, 2.75) is 20.0 Å². The van der Waals surface area contributed by atoms with Crippen LogP contribution in [0.5, 0.6) is 0 Å². The lowest BCUT2D eigenvalue weighted by Crippen LogP contribution is -2.05. The Morgan fingerprint density at radius 3 is 2.36 bits per heavy atom. The van der Waals surface area contributed by atoms with E-state index in [2.05, 4.69) is 23.7 Å². The summed E-state index contributed by atoms with van der Waals surface area (Å²) in [6.07, 6.45) is 2.61. The highest BCUT2D eigenvalue weighted by Crippen LogP contribution is 2.17. The van der Waals surface area contributed by atoms with Crippen LogP contribution in [0.1, 0.15) is 24.0 Å². The fourth-order valence-electron chi connectivity index (χ4n) is 2.52. The Bertz CT molecular complexity index is 867. The van der Waals surface area contributed by atoms with E-state index in [1.165, 1.54) is 5.56 Å². The van der Waals surface area contributed by atoms with Gasteiger partial charge in [-0.05, 0) is 24.6 Å². The van der Waals surface area contributed by atoms with Gasteiger partial charge in [0.2, 0.25) is 0 Å². The first-order valence-electron chi connectivity index (χ1n) is 8.12. The number of nitrogens with zero attached hydrogens (tertiary/aromatic N) is 2. The summed E-state index contributed by atoms with van der Waals surface area (Å²) in [4.78, 5) is 16.3. The van der Waals surface area contributed by atoms with Crippen LogP contribution in [0.4, 0.5) is 0 Å². The van der Waals surface area contributed by atoms with Crippen LogP contribution in [0.15, 0.2) is 79.0 Å². The van der Waals surface area contributed by atoms with Crippen LogP contribution in [0.2, 0.25) is 0 Å². The number of esters is 1. The molecule has 0 saturated heterocycles. The number of aromatic nitrogens is 2. The molecule has 0 fully saturated rings. The van der Waals surface area contributed by atoms with Gasteiger partial charge in [0.25, 0.3) is 0 Å². The minimum Gasteiger partial charge on any atom is -0.456 e. The third-order valence-electron chi connectivity index (χ3n) is 3.77. The third-order valence-corrected chi connectivity index (χ3v) is 3.77. The van der Waals surface area contributed by atoms with Gasteiger partial charge >= 0.3 is 5.97 Å². The molecular weight excluding hydrogens is 312 g/mol. The molecule has 0 N–H and O–H groups in total. The molecule has 0 bridgehead atoms. The average molecular weight is 332 g/mol. The van der Waals surface area contributed by atoms with Crippen LogP contribution in [0.25, 0.3) is 5.69 Å². The van der Waals surface area contributed by atoms with Crippen LogP contribution in [0, 0.1) is 0 Å². The van der Waals surface area contributed by atoms with Gasteiger partial charge in [0, 0.05) is 23.9 Å². The minimum absolute atomic E-state index is 0.132. The monoisotopic (exact) mass is 332 g/mol. The summed E-state index contributed by atoms with van der Waals surface area (Å²) in [5, 5.41) is 0. The molecule has 0 atom stereocenters. The molecule has 126 valence electrons. The molecular formula is C21H20N2O2. The van der Waals surface area contributed by atoms with E-state index in [9.17, 15) is 4.79 Å². The van der Waals surface area contributed by atoms with Gasteiger partial charge in [0.15, 0.2) is 0 Å². The molecule has 0 aliphatic carbocycles. The van der Waals surface area contributed by atoms with Gasteiger partial charge in [-0.1, -0.05) is 55.1 Å². The predicted octanol–water partition coefficient (Wildman–Crippen LogP) is 4.08. The van der Waals surface area contributed by atoms with Gasteiger partial charge in [0.05, 0.1) is 5.69 Å². The summed E-state index contributed by atoms with van der Waals surface area (Å²) >= 11 is 0. The van der Waals surface area contributed by atoms with E-state index >= 15 is 0 Å². The largest absolute Gasteiger partial charge is 0.456 e. The Morgan fingerprint density at radius 1 is 1.08 bits per heavy atom. The molecule has 3 aromatic rings. The van der Waals surface area contributed by atoms with Gasteiger partial charge in [-0.3, -0.25) is 0 Å². The van der Waals surface area contributed by atoms with Crippen molar-refractivity contribution in [2.75, 3.05) is 0 Å². The van der Waals surface area contributed by atoms with Crippen molar-refractivity contribution in [2.24, 2.45) is 0 Å². The Balaban J connectivity index is 1.88. The van der Waals surface area contributed by atoms with E-state index in [1.54, 1.807) is 6.92 Å². The first-order chi connectivity index (χ1) is 12.1. The molecule has 1 heterocycles. The minimum atomic E-state index is -0.404. The molecule has 25 heavy (non-hydrogen) atoms. The highest BCUT2D eigenvalue weighted by molar-refractivity contribution is 5.86. The number of ether oxygens (including phenoxy) is 1. The molecule has 0 aliphatic heterocycles. The highest BCUT2D eigenvalue weighted by atomic mass is 16.5. The van der Waals surface area contributed by atoms with Gasteiger partial charge in [-0.2, -0.15) is 0 Å². The second kappa shape index (κ2) is 7.62. The Hall–Kier alpha value is -3.14. The zero-order valence-electron chi connectivity index (χ0n) is 14.2. The Labute approximate surface area is 147 Å². The molecule has 4 heteroatoms. The van der Waals surface area contributed by atoms with Crippen molar-refractivity contribution in [3.8, 4) is 5.69 Å². The summed E-state index contributed by atoms with van der Waals surface area (Å²) in [6.45, 7) is 5.36. The maximum absolute atomic E-state index is 11.6. The quantitative estimate of drug-likeness (QED) is 0.504. The smallest absolute Gasteiger partial charge is 0.333 e. The number of para-hydroxylation sites is 1. The molecule has 0 aliphatic rings. The summed E-state index contributed by atoms with van der Waals surface area (Å²) in [6, 6.07) is 20.2. The second-order valence-electron chi connectivity index (χ2n) is 5.87. The maximum Gasteiger partial charge on any atom is 0.333 e. The number of hydrogen-bond donors (Lipinski definition) is 0. The van der Waals surface area contributed by atoms with E-state index in [-0.39, 0.29) is 6.61 Å². The van der Waals surface area contributed by atoms with Gasteiger partial charge < -0.3 is 9.30 Å². The van der Waals surface area contributed by atoms with Crippen molar-refractivity contribution in [1.29, 1.82) is 0 Å². The zero-order valence-corrected chi connectivity index (χ0v) is 14.2. The van der Waals surface area contributed by atoms with Crippen molar-refractivity contribution in [3.05, 3.63) is 96.1 Å². The number of carbonyl (C=O) groups excluding carboxylic acids is 1. The Morgan fingerprint density at radius 2 is 1.72 bits per heavy atom. The molecule has 4 nitrogen and oxygen atoms in total. The molecule has 0 saturated carbocycles. The SMILES string of the molecule is C=C(C)C(=O)OCc1cn(-c2ccccc2)c(Cc2ccccc2)n1. The molecule has 3 rings (SSSR count). The topological polar surface area (TPSA) is 44.1 Å². The number of rotatable bonds is 6. The number of hydrogen-bond acceptors (Lipinski definition) is 3. The van der Waals surface area contributed by atoms with Crippen LogP contribution in [-0.2, 0) is 22.6 Å². The number of imidazole rings is 1. The lowest BCUT2D eigenvalue weighted by Gasteiger charge is -2.07. The highest BCUT2D eigenvalue weighted by Gasteiger charge is 2.12. The van der Waals surface area contributed by atoms with Crippen LogP contribution >= 0.6 is 0 Å². The first kappa shape index (κ1) is 16.7. The standard InChI is InChI=1S/C21H20N2O2/c1-16(2)21(24)25-15-18-14-23(19-11-7-4-8-12-19)20(22-18)13-17-9-5-3-6-10-17/h3-12,14H,1,13,15H2,2H3. The lowest BCUT2D eigenvalue weighted by molar-refractivity contribution is -0.140. The number of carbonyl (C=O) groups is 1. The fraction of sp³-hybridized carbons (Fsp3) is 0.143. The van der Waals surface area contributed by atoms with Gasteiger partial charge in [0.1, 0.15) is 12.4 Å². The zero-order chi connectivity index (χ0) is 17.6. The van der Waals surface area contributed by atoms with E-state index in [4.69, 9.17) is 4.74 Å². The summed E-state index contributed by atoms with van der Waals surface area (Å²) in [7, 11) is 0. The van der Waals surface area contributed by atoms with Gasteiger partial charge in [-0.15, -0.1) is 0 Å². The Kier molecular flexibility index (Phi) is 5.09. The molecule has 1 aromatic heterocycles. The maximum atomic E-state index is 11.6. The molecule has 0 unspecified atom stereocenters. The van der Waals surface area contributed by atoms with E-state index in [1.807, 2.05) is 59.3 Å². The average Bonchev–Trinajstić information content (AvgIpc) is 3.04. The molecule has 0 radical (unpaired) electrons. The fourth-order valence-corrected chi connectivity index (χ4v) is 2.52.